The highest BCUT2D eigenvalue weighted by molar-refractivity contribution is 6.07. The Morgan fingerprint density at radius 2 is 2.11 bits per heavy atom. The second-order valence-electron chi connectivity index (χ2n) is 7.17. The van der Waals surface area contributed by atoms with Crippen molar-refractivity contribution in [1.29, 1.82) is 0 Å². The first-order valence-corrected chi connectivity index (χ1v) is 9.49. The van der Waals surface area contributed by atoms with Crippen LogP contribution < -0.4 is 5.32 Å². The van der Waals surface area contributed by atoms with E-state index in [1.165, 1.54) is 4.90 Å². The summed E-state index contributed by atoms with van der Waals surface area (Å²) in [6.07, 6.45) is 5.97. The van der Waals surface area contributed by atoms with Gasteiger partial charge >= 0.3 is 6.03 Å². The average Bonchev–Trinajstić information content (AvgIpc) is 3.25. The second kappa shape index (κ2) is 8.56. The van der Waals surface area contributed by atoms with E-state index in [0.29, 0.717) is 38.3 Å². The molecule has 8 nitrogen and oxygen atoms in total. The summed E-state index contributed by atoms with van der Waals surface area (Å²) in [4.78, 5) is 40.6. The van der Waals surface area contributed by atoms with Crippen molar-refractivity contribution in [1.82, 2.24) is 15.1 Å². The third-order valence-electron chi connectivity index (χ3n) is 5.35. The Bertz CT molecular complexity index is 667. The molecule has 2 heterocycles. The van der Waals surface area contributed by atoms with Crippen LogP contribution in [0.2, 0.25) is 0 Å². The number of furan rings is 1. The number of hydrogen-bond acceptors (Lipinski definition) is 5. The summed E-state index contributed by atoms with van der Waals surface area (Å²) < 4.78 is 10.4. The second-order valence-corrected chi connectivity index (χ2v) is 7.17. The molecule has 3 rings (SSSR count). The first kappa shape index (κ1) is 19.4. The average molecular weight is 377 g/mol. The molecule has 1 aromatic rings. The lowest BCUT2D eigenvalue weighted by atomic mass is 9.82. The topological polar surface area (TPSA) is 92.1 Å². The van der Waals surface area contributed by atoms with E-state index in [0.717, 1.165) is 19.3 Å². The van der Waals surface area contributed by atoms with Crippen molar-refractivity contribution >= 4 is 17.8 Å². The van der Waals surface area contributed by atoms with Gasteiger partial charge in [-0.2, -0.15) is 0 Å². The molecule has 8 heteroatoms. The molecule has 0 unspecified atom stereocenters. The number of ether oxygens (including phenoxy) is 1. The maximum absolute atomic E-state index is 12.8. The van der Waals surface area contributed by atoms with Crippen molar-refractivity contribution in [3.63, 3.8) is 0 Å². The Morgan fingerprint density at radius 1 is 1.33 bits per heavy atom. The minimum absolute atomic E-state index is 0.0830. The van der Waals surface area contributed by atoms with E-state index >= 15 is 0 Å². The van der Waals surface area contributed by atoms with Gasteiger partial charge in [0.25, 0.3) is 5.91 Å². The van der Waals surface area contributed by atoms with Crippen molar-refractivity contribution in [3.8, 4) is 0 Å². The molecule has 2 fully saturated rings. The van der Waals surface area contributed by atoms with Crippen LogP contribution in [0.4, 0.5) is 4.79 Å². The molecule has 1 saturated carbocycles. The fourth-order valence-corrected chi connectivity index (χ4v) is 3.82. The van der Waals surface area contributed by atoms with Crippen LogP contribution in [0.15, 0.2) is 22.8 Å². The maximum atomic E-state index is 12.8. The predicted octanol–water partition coefficient (Wildman–Crippen LogP) is 1.90. The summed E-state index contributed by atoms with van der Waals surface area (Å²) >= 11 is 0. The van der Waals surface area contributed by atoms with E-state index in [9.17, 15) is 14.4 Å². The van der Waals surface area contributed by atoms with Crippen LogP contribution in [-0.2, 0) is 20.9 Å². The number of imide groups is 1. The lowest BCUT2D eigenvalue weighted by Crippen LogP contribution is -2.48. The molecule has 2 aliphatic rings. The van der Waals surface area contributed by atoms with Gasteiger partial charge in [0.2, 0.25) is 5.91 Å². The quantitative estimate of drug-likeness (QED) is 0.699. The standard InChI is InChI=1S/C19H27N3O5/c1-26-13-11-21(14-15-6-5-12-27-15)16(23)7-10-22-17(24)19(20-18(22)25)8-3-2-4-9-19/h5-6,12H,2-4,7-11,13-14H2,1H3,(H,20,25). The number of carbonyl (C=O) groups is 3. The summed E-state index contributed by atoms with van der Waals surface area (Å²) in [6, 6.07) is 3.19. The van der Waals surface area contributed by atoms with Crippen LogP contribution in [0.3, 0.4) is 0 Å². The number of carbonyl (C=O) groups excluding carboxylic acids is 3. The van der Waals surface area contributed by atoms with Gasteiger partial charge in [-0.1, -0.05) is 19.3 Å². The molecule has 1 aliphatic carbocycles. The Kier molecular flexibility index (Phi) is 6.15. The Morgan fingerprint density at radius 3 is 2.78 bits per heavy atom. The molecule has 27 heavy (non-hydrogen) atoms. The van der Waals surface area contributed by atoms with Crippen LogP contribution in [0.1, 0.15) is 44.3 Å². The van der Waals surface area contributed by atoms with Gasteiger partial charge in [-0.05, 0) is 25.0 Å². The molecule has 1 spiro atoms. The van der Waals surface area contributed by atoms with E-state index < -0.39 is 5.54 Å². The van der Waals surface area contributed by atoms with E-state index in [1.807, 2.05) is 0 Å². The van der Waals surface area contributed by atoms with Crippen molar-refractivity contribution in [2.24, 2.45) is 0 Å². The van der Waals surface area contributed by atoms with Crippen molar-refractivity contribution in [2.45, 2.75) is 50.6 Å². The van der Waals surface area contributed by atoms with Gasteiger partial charge in [0, 0.05) is 26.6 Å². The molecule has 1 aliphatic heterocycles. The highest BCUT2D eigenvalue weighted by atomic mass is 16.5. The van der Waals surface area contributed by atoms with Crippen molar-refractivity contribution in [3.05, 3.63) is 24.2 Å². The third-order valence-corrected chi connectivity index (χ3v) is 5.35. The molecule has 0 aromatic carbocycles. The first-order valence-electron chi connectivity index (χ1n) is 9.49. The van der Waals surface area contributed by atoms with Crippen LogP contribution in [0, 0.1) is 0 Å². The van der Waals surface area contributed by atoms with E-state index in [2.05, 4.69) is 5.32 Å². The summed E-state index contributed by atoms with van der Waals surface area (Å²) in [7, 11) is 1.58. The van der Waals surface area contributed by atoms with Gasteiger partial charge in [0.05, 0.1) is 19.4 Å². The number of amides is 4. The highest BCUT2D eigenvalue weighted by Crippen LogP contribution is 2.33. The van der Waals surface area contributed by atoms with Crippen LogP contribution in [0.5, 0.6) is 0 Å². The number of methoxy groups -OCH3 is 1. The highest BCUT2D eigenvalue weighted by Gasteiger charge is 2.51. The summed E-state index contributed by atoms with van der Waals surface area (Å²) in [5, 5.41) is 2.87. The Labute approximate surface area is 158 Å². The Balaban J connectivity index is 1.59. The Hall–Kier alpha value is -2.35. The predicted molar refractivity (Wildman–Crippen MR) is 96.7 cm³/mol. The van der Waals surface area contributed by atoms with E-state index in [4.69, 9.17) is 9.15 Å². The lowest BCUT2D eigenvalue weighted by Gasteiger charge is -2.30. The van der Waals surface area contributed by atoms with Crippen molar-refractivity contribution < 1.29 is 23.5 Å². The zero-order valence-corrected chi connectivity index (χ0v) is 15.7. The first-order chi connectivity index (χ1) is 13.1. The molecule has 1 saturated heterocycles. The SMILES string of the molecule is COCCN(Cc1ccco1)C(=O)CCN1C(=O)NC2(CCCCC2)C1=O. The largest absolute Gasteiger partial charge is 0.467 e. The fourth-order valence-electron chi connectivity index (χ4n) is 3.82. The summed E-state index contributed by atoms with van der Waals surface area (Å²) in [5.74, 6) is 0.346. The molecule has 0 atom stereocenters. The normalized spacial score (nSPS) is 18.8. The number of nitrogens with zero attached hydrogens (tertiary/aromatic N) is 2. The minimum atomic E-state index is -0.748. The fraction of sp³-hybridized carbons (Fsp3) is 0.632. The number of rotatable bonds is 8. The monoisotopic (exact) mass is 377 g/mol. The molecule has 148 valence electrons. The van der Waals surface area contributed by atoms with Gasteiger partial charge in [-0.3, -0.25) is 14.5 Å². The van der Waals surface area contributed by atoms with Gasteiger partial charge in [-0.15, -0.1) is 0 Å². The van der Waals surface area contributed by atoms with Crippen LogP contribution in [0.25, 0.3) is 0 Å². The summed E-state index contributed by atoms with van der Waals surface area (Å²) in [5.41, 5.74) is -0.748. The maximum Gasteiger partial charge on any atom is 0.325 e. The molecule has 1 N–H and O–H groups in total. The van der Waals surface area contributed by atoms with Gasteiger partial charge in [-0.25, -0.2) is 4.79 Å². The lowest BCUT2D eigenvalue weighted by molar-refractivity contribution is -0.135. The van der Waals surface area contributed by atoms with Gasteiger partial charge < -0.3 is 19.4 Å². The number of nitrogens with one attached hydrogen (secondary N) is 1. The molecule has 4 amide bonds. The van der Waals surface area contributed by atoms with Gasteiger partial charge in [0.15, 0.2) is 0 Å². The molecule has 0 radical (unpaired) electrons. The minimum Gasteiger partial charge on any atom is -0.467 e. The summed E-state index contributed by atoms with van der Waals surface area (Å²) in [6.45, 7) is 1.24. The number of urea groups is 1. The van der Waals surface area contributed by atoms with Crippen LogP contribution >= 0.6 is 0 Å². The van der Waals surface area contributed by atoms with E-state index in [-0.39, 0.29) is 30.8 Å². The zero-order valence-electron chi connectivity index (χ0n) is 15.7. The molecular formula is C19H27N3O5. The van der Waals surface area contributed by atoms with Crippen LogP contribution in [-0.4, -0.2) is 60.0 Å². The number of hydrogen-bond donors (Lipinski definition) is 1. The molecule has 1 aromatic heterocycles. The van der Waals surface area contributed by atoms with E-state index in [1.54, 1.807) is 30.4 Å². The molecular weight excluding hydrogens is 350 g/mol. The molecule has 0 bridgehead atoms. The third kappa shape index (κ3) is 4.32. The zero-order chi connectivity index (χ0) is 19.3. The smallest absolute Gasteiger partial charge is 0.325 e. The van der Waals surface area contributed by atoms with Gasteiger partial charge in [0.1, 0.15) is 11.3 Å². The van der Waals surface area contributed by atoms with Crippen molar-refractivity contribution in [2.75, 3.05) is 26.8 Å².